The van der Waals surface area contributed by atoms with E-state index in [-0.39, 0.29) is 5.69 Å². The van der Waals surface area contributed by atoms with Gasteiger partial charge in [-0.25, -0.2) is 14.8 Å². The fraction of sp³-hybridized carbons (Fsp3) is 0.538. The van der Waals surface area contributed by atoms with E-state index in [1.54, 1.807) is 14.0 Å². The summed E-state index contributed by atoms with van der Waals surface area (Å²) in [6, 6.07) is 0.630. The molecule has 0 aromatic carbocycles. The van der Waals surface area contributed by atoms with Crippen molar-refractivity contribution in [1.82, 2.24) is 15.3 Å². The Kier molecular flexibility index (Phi) is 5.89. The monoisotopic (exact) mass is 280 g/mol. The van der Waals surface area contributed by atoms with Gasteiger partial charge in [-0.1, -0.05) is 19.8 Å². The summed E-state index contributed by atoms with van der Waals surface area (Å²) in [5.74, 6) is -1.21. The van der Waals surface area contributed by atoms with Gasteiger partial charge in [-0.05, 0) is 19.4 Å². The highest BCUT2D eigenvalue weighted by Crippen LogP contribution is 2.06. The first-order chi connectivity index (χ1) is 9.47. The van der Waals surface area contributed by atoms with Gasteiger partial charge in [-0.2, -0.15) is 0 Å². The first-order valence-electron chi connectivity index (χ1n) is 6.55. The van der Waals surface area contributed by atoms with Crippen molar-refractivity contribution < 1.29 is 14.7 Å². The van der Waals surface area contributed by atoms with Crippen molar-refractivity contribution in [2.24, 2.45) is 0 Å². The van der Waals surface area contributed by atoms with E-state index >= 15 is 0 Å². The van der Waals surface area contributed by atoms with Crippen molar-refractivity contribution in [2.75, 3.05) is 12.4 Å². The maximum absolute atomic E-state index is 12.1. The Balaban J connectivity index is 2.83. The lowest BCUT2D eigenvalue weighted by molar-refractivity contribution is -0.139. The number of rotatable bonds is 7. The van der Waals surface area contributed by atoms with Crippen LogP contribution in [0.3, 0.4) is 0 Å². The number of carboxylic acid groups (broad SMARTS) is 1. The number of nitrogens with one attached hydrogen (secondary N) is 2. The lowest BCUT2D eigenvalue weighted by atomic mass is 10.1. The molecule has 0 aliphatic heterocycles. The number of unbranched alkanes of at least 4 members (excludes halogenated alkanes) is 1. The lowest BCUT2D eigenvalue weighted by Crippen LogP contribution is -2.41. The molecule has 0 radical (unpaired) electrons. The first-order valence-corrected chi connectivity index (χ1v) is 6.55. The number of amides is 1. The number of carbonyl (C=O) groups excluding carboxylic acids is 1. The fourth-order valence-electron chi connectivity index (χ4n) is 1.69. The zero-order valence-corrected chi connectivity index (χ0v) is 11.9. The number of carbonyl (C=O) groups is 2. The van der Waals surface area contributed by atoms with E-state index in [0.717, 1.165) is 12.8 Å². The van der Waals surface area contributed by atoms with Crippen LogP contribution in [0.5, 0.6) is 0 Å². The van der Waals surface area contributed by atoms with Gasteiger partial charge in [0, 0.05) is 12.7 Å². The van der Waals surface area contributed by atoms with Crippen LogP contribution in [0.2, 0.25) is 0 Å². The summed E-state index contributed by atoms with van der Waals surface area (Å²) in [7, 11) is 1.65. The van der Waals surface area contributed by atoms with Gasteiger partial charge in [0.1, 0.15) is 11.7 Å². The molecule has 3 N–H and O–H groups in total. The summed E-state index contributed by atoms with van der Waals surface area (Å²) in [5.41, 5.74) is 0.791. The third-order valence-electron chi connectivity index (χ3n) is 2.76. The average molecular weight is 280 g/mol. The molecule has 1 rings (SSSR count). The molecule has 0 bridgehead atoms. The molecule has 1 aromatic heterocycles. The van der Waals surface area contributed by atoms with Gasteiger partial charge in [-0.3, -0.25) is 4.79 Å². The zero-order chi connectivity index (χ0) is 15.1. The highest BCUT2D eigenvalue weighted by Gasteiger charge is 2.21. The molecule has 0 spiro atoms. The van der Waals surface area contributed by atoms with E-state index in [1.807, 2.05) is 6.92 Å². The van der Waals surface area contributed by atoms with Crippen LogP contribution in [-0.4, -0.2) is 40.0 Å². The third-order valence-corrected chi connectivity index (χ3v) is 2.76. The van der Waals surface area contributed by atoms with Gasteiger partial charge in [0.05, 0.1) is 0 Å². The molecule has 0 aliphatic rings. The molecule has 0 saturated heterocycles. The van der Waals surface area contributed by atoms with Crippen LogP contribution in [0.4, 0.5) is 5.95 Å². The minimum Gasteiger partial charge on any atom is -0.480 e. The lowest BCUT2D eigenvalue weighted by Gasteiger charge is -2.14. The minimum absolute atomic E-state index is 0.157. The molecule has 1 amide bonds. The summed E-state index contributed by atoms with van der Waals surface area (Å²) in [5, 5.41) is 14.3. The summed E-state index contributed by atoms with van der Waals surface area (Å²) < 4.78 is 0. The largest absolute Gasteiger partial charge is 0.480 e. The second-order valence-electron chi connectivity index (χ2n) is 4.47. The van der Waals surface area contributed by atoms with Crippen LogP contribution in [0, 0.1) is 6.92 Å². The number of nitrogens with zero attached hydrogens (tertiary/aromatic N) is 2. The van der Waals surface area contributed by atoms with E-state index in [4.69, 9.17) is 5.11 Å². The number of aryl methyl sites for hydroxylation is 1. The summed E-state index contributed by atoms with van der Waals surface area (Å²) in [4.78, 5) is 31.3. The van der Waals surface area contributed by atoms with E-state index in [1.165, 1.54) is 6.07 Å². The second-order valence-corrected chi connectivity index (χ2v) is 4.47. The standard InChI is InChI=1S/C13H20N4O3/c1-4-5-6-9(12(19)20)16-11(18)10-7-8(2)15-13(14-3)17-10/h7,9H,4-6H2,1-3H3,(H,16,18)(H,19,20)(H,14,15,17). The van der Waals surface area contributed by atoms with E-state index in [2.05, 4.69) is 20.6 Å². The Labute approximate surface area is 117 Å². The van der Waals surface area contributed by atoms with Crippen LogP contribution in [-0.2, 0) is 4.79 Å². The number of anilines is 1. The molecular weight excluding hydrogens is 260 g/mol. The number of carboxylic acids is 1. The molecule has 7 nitrogen and oxygen atoms in total. The molecule has 110 valence electrons. The highest BCUT2D eigenvalue weighted by atomic mass is 16.4. The zero-order valence-electron chi connectivity index (χ0n) is 11.9. The van der Waals surface area contributed by atoms with E-state index < -0.39 is 17.9 Å². The molecule has 7 heteroatoms. The van der Waals surface area contributed by atoms with Crippen molar-refractivity contribution in [3.05, 3.63) is 17.5 Å². The van der Waals surface area contributed by atoms with Gasteiger partial charge < -0.3 is 15.7 Å². The Hall–Kier alpha value is -2.18. The topological polar surface area (TPSA) is 104 Å². The molecule has 0 fully saturated rings. The van der Waals surface area contributed by atoms with Crippen molar-refractivity contribution in [2.45, 2.75) is 39.2 Å². The molecule has 20 heavy (non-hydrogen) atoms. The van der Waals surface area contributed by atoms with E-state index in [9.17, 15) is 9.59 Å². The van der Waals surface area contributed by atoms with Crippen molar-refractivity contribution >= 4 is 17.8 Å². The van der Waals surface area contributed by atoms with Crippen LogP contribution in [0.1, 0.15) is 42.4 Å². The van der Waals surface area contributed by atoms with Crippen molar-refractivity contribution in [3.8, 4) is 0 Å². The van der Waals surface area contributed by atoms with Crippen LogP contribution < -0.4 is 10.6 Å². The number of hydrogen-bond acceptors (Lipinski definition) is 5. The molecular formula is C13H20N4O3. The quantitative estimate of drug-likeness (QED) is 0.693. The number of aliphatic carboxylic acids is 1. The van der Waals surface area contributed by atoms with Gasteiger partial charge in [0.15, 0.2) is 0 Å². The van der Waals surface area contributed by atoms with Gasteiger partial charge in [0.2, 0.25) is 5.95 Å². The van der Waals surface area contributed by atoms with Crippen molar-refractivity contribution in [3.63, 3.8) is 0 Å². The molecule has 1 unspecified atom stereocenters. The molecule has 1 heterocycles. The highest BCUT2D eigenvalue weighted by molar-refractivity contribution is 5.95. The Morgan fingerprint density at radius 1 is 1.40 bits per heavy atom. The average Bonchev–Trinajstić information content (AvgIpc) is 2.42. The van der Waals surface area contributed by atoms with E-state index in [0.29, 0.717) is 18.1 Å². The Morgan fingerprint density at radius 2 is 2.10 bits per heavy atom. The fourth-order valence-corrected chi connectivity index (χ4v) is 1.69. The second kappa shape index (κ2) is 7.42. The Morgan fingerprint density at radius 3 is 2.65 bits per heavy atom. The molecule has 0 aliphatic carbocycles. The first kappa shape index (κ1) is 15.9. The predicted molar refractivity (Wildman–Crippen MR) is 74.7 cm³/mol. The normalized spacial score (nSPS) is 11.8. The summed E-state index contributed by atoms with van der Waals surface area (Å²) in [6.45, 7) is 3.71. The molecule has 1 atom stereocenters. The van der Waals surface area contributed by atoms with Crippen LogP contribution in [0.25, 0.3) is 0 Å². The van der Waals surface area contributed by atoms with Crippen molar-refractivity contribution in [1.29, 1.82) is 0 Å². The van der Waals surface area contributed by atoms with Gasteiger partial charge >= 0.3 is 5.97 Å². The number of hydrogen-bond donors (Lipinski definition) is 3. The predicted octanol–water partition coefficient (Wildman–Crippen LogP) is 1.20. The number of aromatic nitrogens is 2. The smallest absolute Gasteiger partial charge is 0.326 e. The maximum Gasteiger partial charge on any atom is 0.326 e. The maximum atomic E-state index is 12.1. The van der Waals surface area contributed by atoms with Gasteiger partial charge in [-0.15, -0.1) is 0 Å². The summed E-state index contributed by atoms with van der Waals surface area (Å²) in [6.07, 6.45) is 2.01. The van der Waals surface area contributed by atoms with Crippen LogP contribution in [0.15, 0.2) is 6.07 Å². The summed E-state index contributed by atoms with van der Waals surface area (Å²) >= 11 is 0. The van der Waals surface area contributed by atoms with Gasteiger partial charge in [0.25, 0.3) is 5.91 Å². The van der Waals surface area contributed by atoms with Crippen LogP contribution >= 0.6 is 0 Å². The third kappa shape index (κ3) is 4.49. The molecule has 1 aromatic rings. The molecule has 0 saturated carbocycles. The minimum atomic E-state index is -1.04. The Bertz CT molecular complexity index is 491. The SMILES string of the molecule is CCCCC(NC(=O)c1cc(C)nc(NC)n1)C(=O)O.